The molecule has 0 bridgehead atoms. The topological polar surface area (TPSA) is 13.1 Å². The van der Waals surface area contributed by atoms with Crippen LogP contribution >= 0.6 is 0 Å². The van der Waals surface area contributed by atoms with Crippen LogP contribution in [0.2, 0.25) is 0 Å². The Morgan fingerprint density at radius 1 is 0.565 bits per heavy atom. The number of hydrogen-bond donors (Lipinski definition) is 0. The molecule has 1 aromatic heterocycles. The number of furan rings is 1. The second-order valence-corrected chi connectivity index (χ2v) is 12.0. The number of fused-ring (bicyclic) bond motifs is 6. The van der Waals surface area contributed by atoms with Gasteiger partial charge in [0.05, 0.1) is 0 Å². The first kappa shape index (κ1) is 27.9. The van der Waals surface area contributed by atoms with Crippen molar-refractivity contribution in [3.8, 4) is 33.4 Å². The van der Waals surface area contributed by atoms with Crippen molar-refractivity contribution in [3.05, 3.63) is 163 Å². The molecule has 1 heterocycles. The van der Waals surface area contributed by atoms with Gasteiger partial charge in [-0.25, -0.2) is 0 Å². The highest BCUT2D eigenvalue weighted by Crippen LogP contribution is 2.46. The van der Waals surface area contributed by atoms with E-state index in [0.29, 0.717) is 0 Å². The summed E-state index contributed by atoms with van der Waals surface area (Å²) in [6, 6.07) is 48.6. The van der Waals surface area contributed by atoms with Crippen LogP contribution in [0.3, 0.4) is 0 Å². The van der Waals surface area contributed by atoms with E-state index in [1.165, 1.54) is 60.5 Å². The largest absolute Gasteiger partial charge is 0.455 e. The molecule has 0 saturated carbocycles. The van der Waals surface area contributed by atoms with Crippen molar-refractivity contribution in [2.24, 2.45) is 0 Å². The number of para-hydroxylation sites is 2. The summed E-state index contributed by atoms with van der Waals surface area (Å²) in [5, 5.41) is 7.25. The zero-order valence-corrected chi connectivity index (χ0v) is 26.0. The van der Waals surface area contributed by atoms with Gasteiger partial charge in [-0.15, -0.1) is 6.58 Å². The molecule has 7 aromatic carbocycles. The van der Waals surface area contributed by atoms with Gasteiger partial charge in [0, 0.05) is 21.9 Å². The van der Waals surface area contributed by atoms with Crippen LogP contribution in [0.15, 0.2) is 157 Å². The summed E-state index contributed by atoms with van der Waals surface area (Å²) in [4.78, 5) is 0. The van der Waals surface area contributed by atoms with Crippen LogP contribution in [0, 0.1) is 0 Å². The van der Waals surface area contributed by atoms with Crippen LogP contribution in [0.25, 0.3) is 82.9 Å². The van der Waals surface area contributed by atoms with Crippen molar-refractivity contribution >= 4 is 49.6 Å². The molecule has 0 aliphatic heterocycles. The molecule has 220 valence electrons. The van der Waals surface area contributed by atoms with Crippen molar-refractivity contribution < 1.29 is 4.42 Å². The first-order valence-corrected chi connectivity index (χ1v) is 16.1. The lowest BCUT2D eigenvalue weighted by atomic mass is 9.85. The maximum atomic E-state index is 6.55. The fraction of sp³-hybridized carbons (Fsp3) is 0.0667. The van der Waals surface area contributed by atoms with Gasteiger partial charge in [0.25, 0.3) is 0 Å². The molecule has 9 rings (SSSR count). The van der Waals surface area contributed by atoms with Gasteiger partial charge in [0.1, 0.15) is 11.2 Å². The Labute approximate surface area is 269 Å². The third-order valence-corrected chi connectivity index (χ3v) is 9.11. The van der Waals surface area contributed by atoms with E-state index in [1.807, 2.05) is 13.0 Å². The molecule has 1 aliphatic rings. The van der Waals surface area contributed by atoms with Crippen LogP contribution < -0.4 is 0 Å². The fourth-order valence-corrected chi connectivity index (χ4v) is 7.13. The normalized spacial score (nSPS) is 12.3. The van der Waals surface area contributed by atoms with Gasteiger partial charge in [-0.05, 0) is 92.9 Å². The Balaban J connectivity index is 0.00000100. The van der Waals surface area contributed by atoms with Crippen molar-refractivity contribution in [1.82, 2.24) is 0 Å². The molecule has 0 atom stereocenters. The molecule has 0 radical (unpaired) electrons. The van der Waals surface area contributed by atoms with Gasteiger partial charge < -0.3 is 4.42 Å². The molecule has 0 saturated heterocycles. The Morgan fingerprint density at radius 2 is 1.15 bits per heavy atom. The predicted octanol–water partition coefficient (Wildman–Crippen LogP) is 13.0. The van der Waals surface area contributed by atoms with Gasteiger partial charge in [-0.2, -0.15) is 0 Å². The molecule has 8 aromatic rings. The molecule has 0 N–H and O–H groups in total. The lowest BCUT2D eigenvalue weighted by Gasteiger charge is -2.18. The number of aryl methyl sites for hydroxylation is 1. The summed E-state index contributed by atoms with van der Waals surface area (Å²) in [7, 11) is 0. The van der Waals surface area contributed by atoms with Crippen LogP contribution in [0.5, 0.6) is 0 Å². The van der Waals surface area contributed by atoms with Crippen molar-refractivity contribution in [1.29, 1.82) is 0 Å². The lowest BCUT2D eigenvalue weighted by molar-refractivity contribution is 0.670. The van der Waals surface area contributed by atoms with Crippen LogP contribution in [-0.2, 0) is 6.42 Å². The van der Waals surface area contributed by atoms with Gasteiger partial charge in [0.2, 0.25) is 0 Å². The molecule has 0 unspecified atom stereocenters. The monoisotopic (exact) mass is 590 g/mol. The second kappa shape index (κ2) is 11.7. The SMILES string of the molecule is C1=Cc2cc(-c3cccc(-c4c5ccccc5c(-c5cccc6c5oc5ccccc56)c5ccccc45)c3)ccc2CC1.C=CC. The molecule has 1 nitrogen and oxygen atoms in total. The molecule has 1 aliphatic carbocycles. The zero-order chi connectivity index (χ0) is 31.0. The van der Waals surface area contributed by atoms with Gasteiger partial charge >= 0.3 is 0 Å². The van der Waals surface area contributed by atoms with E-state index >= 15 is 0 Å². The molecule has 0 amide bonds. The average Bonchev–Trinajstić information content (AvgIpc) is 3.50. The third-order valence-electron chi connectivity index (χ3n) is 9.11. The second-order valence-electron chi connectivity index (χ2n) is 12.0. The Kier molecular flexibility index (Phi) is 7.08. The summed E-state index contributed by atoms with van der Waals surface area (Å²) in [6.45, 7) is 5.25. The molecule has 0 spiro atoms. The summed E-state index contributed by atoms with van der Waals surface area (Å²) in [5.74, 6) is 0. The fourth-order valence-electron chi connectivity index (χ4n) is 7.13. The van der Waals surface area contributed by atoms with Gasteiger partial charge in [0.15, 0.2) is 0 Å². The third kappa shape index (κ3) is 4.64. The first-order chi connectivity index (χ1) is 22.7. The van der Waals surface area contributed by atoms with Crippen LogP contribution in [0.1, 0.15) is 24.5 Å². The first-order valence-electron chi connectivity index (χ1n) is 16.1. The van der Waals surface area contributed by atoms with Gasteiger partial charge in [-0.1, -0.05) is 133 Å². The maximum Gasteiger partial charge on any atom is 0.143 e. The van der Waals surface area contributed by atoms with Gasteiger partial charge in [-0.3, -0.25) is 0 Å². The zero-order valence-electron chi connectivity index (χ0n) is 26.0. The van der Waals surface area contributed by atoms with E-state index < -0.39 is 0 Å². The molecule has 1 heteroatoms. The highest BCUT2D eigenvalue weighted by Gasteiger charge is 2.20. The Morgan fingerprint density at radius 3 is 1.89 bits per heavy atom. The standard InChI is InChI=1S/C42H28O.C3H6/c1-2-12-28-25-30(24-23-27(28)11-1)29-13-9-14-31(26-29)40-33-16-3-5-18-35(33)41(36-19-6-4-17-34(36)40)38-21-10-20-37-32-15-7-8-22-39(32)43-42(37)38;1-3-2/h2-10,12-26H,1,11H2;3H,1H2,2H3. The Hall–Kier alpha value is -5.66. The summed E-state index contributed by atoms with van der Waals surface area (Å²) < 4.78 is 6.55. The minimum absolute atomic E-state index is 0.921. The smallest absolute Gasteiger partial charge is 0.143 e. The van der Waals surface area contributed by atoms with E-state index in [2.05, 4.69) is 146 Å². The average molecular weight is 591 g/mol. The van der Waals surface area contributed by atoms with E-state index in [1.54, 1.807) is 6.08 Å². The Bertz CT molecular complexity index is 2400. The highest BCUT2D eigenvalue weighted by molar-refractivity contribution is 6.24. The van der Waals surface area contributed by atoms with Crippen molar-refractivity contribution in [2.45, 2.75) is 19.8 Å². The van der Waals surface area contributed by atoms with Crippen LogP contribution in [-0.4, -0.2) is 0 Å². The molecular formula is C45H34O. The highest BCUT2D eigenvalue weighted by atomic mass is 16.3. The maximum absolute atomic E-state index is 6.55. The number of rotatable bonds is 3. The minimum atomic E-state index is 0.921. The molecular weight excluding hydrogens is 556 g/mol. The quantitative estimate of drug-likeness (QED) is 0.147. The summed E-state index contributed by atoms with van der Waals surface area (Å²) in [5.41, 5.74) is 12.0. The van der Waals surface area contributed by atoms with Crippen LogP contribution in [0.4, 0.5) is 0 Å². The molecule has 0 fully saturated rings. The summed E-state index contributed by atoms with van der Waals surface area (Å²) >= 11 is 0. The number of hydrogen-bond acceptors (Lipinski definition) is 1. The number of benzene rings is 7. The summed E-state index contributed by atoms with van der Waals surface area (Å²) in [6.07, 6.45) is 8.56. The lowest BCUT2D eigenvalue weighted by Crippen LogP contribution is -1.94. The van der Waals surface area contributed by atoms with E-state index in [-0.39, 0.29) is 0 Å². The molecule has 46 heavy (non-hydrogen) atoms. The predicted molar refractivity (Wildman–Crippen MR) is 198 cm³/mol. The van der Waals surface area contributed by atoms with Crippen molar-refractivity contribution in [2.75, 3.05) is 0 Å². The van der Waals surface area contributed by atoms with E-state index in [0.717, 1.165) is 40.3 Å². The minimum Gasteiger partial charge on any atom is -0.455 e. The van der Waals surface area contributed by atoms with E-state index in [4.69, 9.17) is 4.42 Å². The van der Waals surface area contributed by atoms with E-state index in [9.17, 15) is 0 Å². The van der Waals surface area contributed by atoms with Crippen molar-refractivity contribution in [3.63, 3.8) is 0 Å². The number of allylic oxidation sites excluding steroid dienone is 2.